The zero-order chi connectivity index (χ0) is 8.10. The molecule has 0 aromatic carbocycles. The van der Waals surface area contributed by atoms with E-state index < -0.39 is 0 Å². The Hall–Kier alpha value is -0.570. The number of nitrogens with zero attached hydrogens (tertiary/aromatic N) is 1. The monoisotopic (exact) mass is 172 g/mol. The summed E-state index contributed by atoms with van der Waals surface area (Å²) in [4.78, 5) is 13.0. The molecule has 1 amide bonds. The first-order valence-corrected chi connectivity index (χ1v) is 4.27. The predicted molar refractivity (Wildman–Crippen MR) is 51.1 cm³/mol. The van der Waals surface area contributed by atoms with Crippen LogP contribution in [-0.2, 0) is 4.79 Å². The maximum Gasteiger partial charge on any atom is 0.222 e. The van der Waals surface area contributed by atoms with Crippen molar-refractivity contribution >= 4 is 5.91 Å². The molecule has 1 saturated heterocycles. The van der Waals surface area contributed by atoms with E-state index in [9.17, 15) is 4.79 Å². The molecule has 0 aromatic rings. The van der Waals surface area contributed by atoms with Gasteiger partial charge in [-0.1, -0.05) is 7.43 Å². The van der Waals surface area contributed by atoms with Gasteiger partial charge >= 0.3 is 0 Å². The van der Waals surface area contributed by atoms with E-state index in [0.717, 1.165) is 38.9 Å². The standard InChI is InChI=1S/C8H16N2O.CH4/c1-9-5-3-7-10-6-2-4-8(10)11;/h9H,2-7H2,1H3;1H4. The van der Waals surface area contributed by atoms with Crippen molar-refractivity contribution < 1.29 is 4.79 Å². The van der Waals surface area contributed by atoms with Crippen molar-refractivity contribution in [2.24, 2.45) is 0 Å². The summed E-state index contributed by atoms with van der Waals surface area (Å²) in [5.41, 5.74) is 0. The number of nitrogens with one attached hydrogen (secondary N) is 1. The van der Waals surface area contributed by atoms with Crippen molar-refractivity contribution in [2.75, 3.05) is 26.7 Å². The molecule has 1 aliphatic heterocycles. The molecule has 0 saturated carbocycles. The number of hydrogen-bond donors (Lipinski definition) is 1. The number of carbonyl (C=O) groups is 1. The van der Waals surface area contributed by atoms with E-state index in [1.54, 1.807) is 0 Å². The SMILES string of the molecule is C.CNCCCN1CCCC1=O. The Kier molecular flexibility index (Phi) is 5.72. The Labute approximate surface area is 75.1 Å². The van der Waals surface area contributed by atoms with E-state index in [4.69, 9.17) is 0 Å². The Morgan fingerprint density at radius 3 is 2.83 bits per heavy atom. The van der Waals surface area contributed by atoms with Crippen molar-refractivity contribution in [1.82, 2.24) is 10.2 Å². The highest BCUT2D eigenvalue weighted by Crippen LogP contribution is 2.08. The summed E-state index contributed by atoms with van der Waals surface area (Å²) in [6, 6.07) is 0. The van der Waals surface area contributed by atoms with Gasteiger partial charge in [-0.2, -0.15) is 0 Å². The van der Waals surface area contributed by atoms with E-state index in [1.165, 1.54) is 0 Å². The molecule has 0 aliphatic carbocycles. The number of rotatable bonds is 4. The van der Waals surface area contributed by atoms with Crippen LogP contribution in [0, 0.1) is 0 Å². The maximum absolute atomic E-state index is 11.1. The molecule has 3 heteroatoms. The second-order valence-corrected chi connectivity index (χ2v) is 2.94. The fraction of sp³-hybridized carbons (Fsp3) is 0.889. The molecule has 0 unspecified atom stereocenters. The van der Waals surface area contributed by atoms with Crippen LogP contribution in [0.25, 0.3) is 0 Å². The molecule has 0 atom stereocenters. The molecule has 0 aromatic heterocycles. The van der Waals surface area contributed by atoms with Crippen molar-refractivity contribution in [3.63, 3.8) is 0 Å². The first-order chi connectivity index (χ1) is 5.34. The summed E-state index contributed by atoms with van der Waals surface area (Å²) in [5.74, 6) is 0.334. The summed E-state index contributed by atoms with van der Waals surface area (Å²) in [7, 11) is 1.94. The Balaban J connectivity index is 0.00000121. The van der Waals surface area contributed by atoms with E-state index in [-0.39, 0.29) is 7.43 Å². The third-order valence-corrected chi connectivity index (χ3v) is 2.03. The summed E-state index contributed by atoms with van der Waals surface area (Å²) >= 11 is 0. The molecule has 72 valence electrons. The Morgan fingerprint density at radius 2 is 2.33 bits per heavy atom. The van der Waals surface area contributed by atoms with Gasteiger partial charge in [0.15, 0.2) is 0 Å². The summed E-state index contributed by atoms with van der Waals surface area (Å²) in [6.45, 7) is 2.91. The molecule has 1 fully saturated rings. The third-order valence-electron chi connectivity index (χ3n) is 2.03. The quantitative estimate of drug-likeness (QED) is 0.638. The van der Waals surface area contributed by atoms with Crippen molar-refractivity contribution in [2.45, 2.75) is 26.7 Å². The van der Waals surface area contributed by atoms with Crippen LogP contribution >= 0.6 is 0 Å². The van der Waals surface area contributed by atoms with Crippen LogP contribution in [0.1, 0.15) is 26.7 Å². The van der Waals surface area contributed by atoms with Gasteiger partial charge in [0.1, 0.15) is 0 Å². The van der Waals surface area contributed by atoms with Gasteiger partial charge in [-0.3, -0.25) is 4.79 Å². The number of amides is 1. The first kappa shape index (κ1) is 11.4. The number of hydrogen-bond acceptors (Lipinski definition) is 2. The van der Waals surface area contributed by atoms with Gasteiger partial charge in [-0.05, 0) is 26.4 Å². The molecule has 1 rings (SSSR count). The van der Waals surface area contributed by atoms with Gasteiger partial charge < -0.3 is 10.2 Å². The second-order valence-electron chi connectivity index (χ2n) is 2.94. The van der Waals surface area contributed by atoms with Crippen molar-refractivity contribution in [1.29, 1.82) is 0 Å². The summed E-state index contributed by atoms with van der Waals surface area (Å²) < 4.78 is 0. The molecule has 3 nitrogen and oxygen atoms in total. The Bertz CT molecular complexity index is 136. The molecule has 0 radical (unpaired) electrons. The van der Waals surface area contributed by atoms with E-state index in [2.05, 4.69) is 5.32 Å². The van der Waals surface area contributed by atoms with Crippen molar-refractivity contribution in [3.8, 4) is 0 Å². The lowest BCUT2D eigenvalue weighted by atomic mass is 10.4. The normalized spacial score (nSPS) is 16.4. The second kappa shape index (κ2) is 6.00. The average molecular weight is 172 g/mol. The predicted octanol–water partition coefficient (Wildman–Crippen LogP) is 0.854. The molecule has 1 aliphatic rings. The fourth-order valence-electron chi connectivity index (χ4n) is 1.39. The molecule has 0 spiro atoms. The van der Waals surface area contributed by atoms with Crippen LogP contribution in [-0.4, -0.2) is 37.5 Å². The van der Waals surface area contributed by atoms with E-state index in [1.807, 2.05) is 11.9 Å². The fourth-order valence-corrected chi connectivity index (χ4v) is 1.39. The van der Waals surface area contributed by atoms with Gasteiger partial charge in [0.2, 0.25) is 5.91 Å². The van der Waals surface area contributed by atoms with Crippen molar-refractivity contribution in [3.05, 3.63) is 0 Å². The Morgan fingerprint density at radius 1 is 1.58 bits per heavy atom. The van der Waals surface area contributed by atoms with Crippen LogP contribution in [0.4, 0.5) is 0 Å². The first-order valence-electron chi connectivity index (χ1n) is 4.27. The highest BCUT2D eigenvalue weighted by Gasteiger charge is 2.18. The third kappa shape index (κ3) is 3.22. The molecule has 0 bridgehead atoms. The smallest absolute Gasteiger partial charge is 0.222 e. The lowest BCUT2D eigenvalue weighted by Gasteiger charge is -2.14. The number of carbonyl (C=O) groups excluding carboxylic acids is 1. The lowest BCUT2D eigenvalue weighted by Crippen LogP contribution is -2.27. The van der Waals surface area contributed by atoms with Crippen LogP contribution in [0.3, 0.4) is 0 Å². The minimum atomic E-state index is 0. The minimum Gasteiger partial charge on any atom is -0.343 e. The summed E-state index contributed by atoms with van der Waals surface area (Å²) in [5, 5.41) is 3.07. The molecule has 1 N–H and O–H groups in total. The number of likely N-dealkylation sites (tertiary alicyclic amines) is 1. The van der Waals surface area contributed by atoms with Gasteiger partial charge in [0.25, 0.3) is 0 Å². The molecule has 12 heavy (non-hydrogen) atoms. The topological polar surface area (TPSA) is 32.3 Å². The van der Waals surface area contributed by atoms with Gasteiger partial charge in [-0.25, -0.2) is 0 Å². The van der Waals surface area contributed by atoms with Crippen LogP contribution in [0.2, 0.25) is 0 Å². The van der Waals surface area contributed by atoms with Gasteiger partial charge in [0.05, 0.1) is 0 Å². The molecule has 1 heterocycles. The zero-order valence-corrected chi connectivity index (χ0v) is 7.10. The lowest BCUT2D eigenvalue weighted by molar-refractivity contribution is -0.127. The van der Waals surface area contributed by atoms with Gasteiger partial charge in [-0.15, -0.1) is 0 Å². The maximum atomic E-state index is 11.1. The molecular weight excluding hydrogens is 152 g/mol. The van der Waals surface area contributed by atoms with Crippen LogP contribution in [0.5, 0.6) is 0 Å². The van der Waals surface area contributed by atoms with Crippen LogP contribution < -0.4 is 5.32 Å². The summed E-state index contributed by atoms with van der Waals surface area (Å²) in [6.07, 6.45) is 2.89. The van der Waals surface area contributed by atoms with E-state index in [0.29, 0.717) is 5.91 Å². The minimum absolute atomic E-state index is 0. The highest BCUT2D eigenvalue weighted by molar-refractivity contribution is 5.77. The highest BCUT2D eigenvalue weighted by atomic mass is 16.2. The molecular formula is C9H20N2O. The van der Waals surface area contributed by atoms with Gasteiger partial charge in [0, 0.05) is 19.5 Å². The van der Waals surface area contributed by atoms with Crippen LogP contribution in [0.15, 0.2) is 0 Å². The van der Waals surface area contributed by atoms with E-state index >= 15 is 0 Å². The zero-order valence-electron chi connectivity index (χ0n) is 7.10. The largest absolute Gasteiger partial charge is 0.343 e. The average Bonchev–Trinajstić information content (AvgIpc) is 2.37.